The normalized spacial score (nSPS) is 14.3. The van der Waals surface area contributed by atoms with Crippen LogP contribution in [0.1, 0.15) is 28.4 Å². The molecule has 0 spiro atoms. The molecule has 0 N–H and O–H groups in total. The molecule has 0 radical (unpaired) electrons. The van der Waals surface area contributed by atoms with Gasteiger partial charge in [-0.2, -0.15) is 9.30 Å². The topological polar surface area (TPSA) is 107 Å². The average Bonchev–Trinajstić information content (AvgIpc) is 3.28. The van der Waals surface area contributed by atoms with Gasteiger partial charge in [0.05, 0.1) is 28.8 Å². The molecule has 9 nitrogen and oxygen atoms in total. The molecule has 0 bridgehead atoms. The molecule has 11 heteroatoms. The van der Waals surface area contributed by atoms with Crippen LogP contribution < -0.4 is 9.54 Å². The van der Waals surface area contributed by atoms with Gasteiger partial charge in [0, 0.05) is 18.7 Å². The number of rotatable bonds is 7. The third-order valence-corrected chi connectivity index (χ3v) is 9.41. The summed E-state index contributed by atoms with van der Waals surface area (Å²) in [6.45, 7) is 2.98. The third kappa shape index (κ3) is 5.51. The van der Waals surface area contributed by atoms with Crippen molar-refractivity contribution in [2.24, 2.45) is 4.99 Å². The predicted octanol–water partition coefficient (Wildman–Crippen LogP) is 3.76. The maximum absolute atomic E-state index is 13.3. The highest BCUT2D eigenvalue weighted by Crippen LogP contribution is 2.26. The monoisotopic (exact) mass is 565 g/mol. The van der Waals surface area contributed by atoms with E-state index in [1.54, 1.807) is 10.6 Å². The molecule has 0 saturated carbocycles. The highest BCUT2D eigenvalue weighted by molar-refractivity contribution is 7.89. The minimum atomic E-state index is -3.73. The van der Waals surface area contributed by atoms with Gasteiger partial charge in [-0.25, -0.2) is 8.42 Å². The number of carbonyl (C=O) groups excluding carboxylic acids is 2. The van der Waals surface area contributed by atoms with E-state index in [2.05, 4.69) is 4.99 Å². The van der Waals surface area contributed by atoms with Gasteiger partial charge in [-0.15, -0.1) is 0 Å². The number of carbonyl (C=O) groups is 2. The minimum absolute atomic E-state index is 0.115. The number of sulfonamides is 1. The van der Waals surface area contributed by atoms with Gasteiger partial charge in [0.1, 0.15) is 12.3 Å². The Hall–Kier alpha value is -3.80. The van der Waals surface area contributed by atoms with Crippen LogP contribution in [0.5, 0.6) is 5.75 Å². The molecule has 0 saturated heterocycles. The zero-order valence-corrected chi connectivity index (χ0v) is 23.1. The summed E-state index contributed by atoms with van der Waals surface area (Å²) in [6, 6.07) is 19.0. The molecule has 1 aliphatic rings. The first-order valence-corrected chi connectivity index (χ1v) is 14.6. The summed E-state index contributed by atoms with van der Waals surface area (Å²) < 4.78 is 40.8. The lowest BCUT2D eigenvalue weighted by Crippen LogP contribution is -2.35. The molecule has 0 fully saturated rings. The van der Waals surface area contributed by atoms with E-state index < -0.39 is 21.9 Å². The van der Waals surface area contributed by atoms with E-state index in [1.807, 2.05) is 43.3 Å². The lowest BCUT2D eigenvalue weighted by Gasteiger charge is -2.28. The molecule has 3 aromatic carbocycles. The number of amides is 1. The molecule has 0 unspecified atom stereocenters. The second kappa shape index (κ2) is 11.1. The number of ether oxygens (including phenoxy) is 2. The van der Waals surface area contributed by atoms with Gasteiger partial charge < -0.3 is 14.0 Å². The molecule has 1 aromatic heterocycles. The summed E-state index contributed by atoms with van der Waals surface area (Å²) >= 11 is 1.25. The van der Waals surface area contributed by atoms with Gasteiger partial charge in [-0.1, -0.05) is 35.6 Å². The maximum atomic E-state index is 13.3. The van der Waals surface area contributed by atoms with E-state index in [4.69, 9.17) is 9.47 Å². The zero-order valence-electron chi connectivity index (χ0n) is 21.5. The van der Waals surface area contributed by atoms with Gasteiger partial charge in [0.2, 0.25) is 10.0 Å². The van der Waals surface area contributed by atoms with Crippen LogP contribution in [0.3, 0.4) is 0 Å². The molecule has 1 aliphatic heterocycles. The fourth-order valence-corrected chi connectivity index (χ4v) is 6.96. The Kier molecular flexibility index (Phi) is 7.65. The number of nitrogens with zero attached hydrogens (tertiary/aromatic N) is 3. The molecule has 202 valence electrons. The third-order valence-electron chi connectivity index (χ3n) is 6.51. The summed E-state index contributed by atoms with van der Waals surface area (Å²) in [7, 11) is -2.43. The number of thiazole rings is 1. The van der Waals surface area contributed by atoms with Crippen LogP contribution in [0, 0.1) is 0 Å². The van der Waals surface area contributed by atoms with Gasteiger partial charge in [0.15, 0.2) is 4.80 Å². The number of aromatic nitrogens is 1. The van der Waals surface area contributed by atoms with Crippen molar-refractivity contribution in [1.82, 2.24) is 8.87 Å². The van der Waals surface area contributed by atoms with Crippen molar-refractivity contribution in [2.75, 3.05) is 20.3 Å². The Bertz CT molecular complexity index is 1720. The van der Waals surface area contributed by atoms with Crippen LogP contribution in [0.4, 0.5) is 0 Å². The Morgan fingerprint density at radius 3 is 2.49 bits per heavy atom. The standard InChI is InChI=1S/C28H27N3O6S2/c1-3-37-22-10-13-24-25(16-22)38-28(31(24)18-26(32)36-2)29-27(33)20-8-11-23(12-9-20)39(34,35)30-15-14-19-6-4-5-7-21(19)17-30/h4-13,16H,3,14-15,17-18H2,1-2H3. The minimum Gasteiger partial charge on any atom is -0.494 e. The molecule has 5 rings (SSSR count). The van der Waals surface area contributed by atoms with Crippen LogP contribution in [0.25, 0.3) is 10.2 Å². The first kappa shape index (κ1) is 26.8. The van der Waals surface area contributed by atoms with E-state index in [1.165, 1.54) is 47.0 Å². The van der Waals surface area contributed by atoms with Crippen molar-refractivity contribution in [3.63, 3.8) is 0 Å². The summed E-state index contributed by atoms with van der Waals surface area (Å²) in [6.07, 6.45) is 0.650. The van der Waals surface area contributed by atoms with Crippen molar-refractivity contribution in [1.29, 1.82) is 0 Å². The van der Waals surface area contributed by atoms with Gasteiger partial charge in [-0.3, -0.25) is 9.59 Å². The number of esters is 1. The average molecular weight is 566 g/mol. The predicted molar refractivity (Wildman–Crippen MR) is 147 cm³/mol. The highest BCUT2D eigenvalue weighted by Gasteiger charge is 2.28. The van der Waals surface area contributed by atoms with Crippen molar-refractivity contribution < 1.29 is 27.5 Å². The Morgan fingerprint density at radius 1 is 1.03 bits per heavy atom. The molecule has 2 heterocycles. The second-order valence-corrected chi connectivity index (χ2v) is 11.9. The van der Waals surface area contributed by atoms with Crippen LogP contribution in [0.15, 0.2) is 76.6 Å². The van der Waals surface area contributed by atoms with Crippen LogP contribution in [-0.4, -0.2) is 49.4 Å². The zero-order chi connectivity index (χ0) is 27.6. The van der Waals surface area contributed by atoms with Crippen molar-refractivity contribution >= 4 is 43.5 Å². The molecule has 0 atom stereocenters. The van der Waals surface area contributed by atoms with Gasteiger partial charge in [0.25, 0.3) is 5.91 Å². The summed E-state index contributed by atoms with van der Waals surface area (Å²) in [5, 5.41) is 0. The van der Waals surface area contributed by atoms with Crippen molar-refractivity contribution in [3.8, 4) is 5.75 Å². The SMILES string of the molecule is CCOc1ccc2c(c1)sc(=NC(=O)c1ccc(S(=O)(=O)N3CCc4ccccc4C3)cc1)n2CC(=O)OC. The van der Waals surface area contributed by atoms with E-state index in [-0.39, 0.29) is 17.0 Å². The van der Waals surface area contributed by atoms with Gasteiger partial charge >= 0.3 is 5.97 Å². The molecule has 0 aliphatic carbocycles. The molecule has 4 aromatic rings. The first-order chi connectivity index (χ1) is 18.8. The lowest BCUT2D eigenvalue weighted by atomic mass is 10.0. The van der Waals surface area contributed by atoms with Crippen molar-refractivity contribution in [2.45, 2.75) is 31.3 Å². The molecule has 1 amide bonds. The van der Waals surface area contributed by atoms with E-state index in [0.717, 1.165) is 15.8 Å². The van der Waals surface area contributed by atoms with Crippen LogP contribution in [0.2, 0.25) is 0 Å². The smallest absolute Gasteiger partial charge is 0.325 e. The largest absolute Gasteiger partial charge is 0.494 e. The van der Waals surface area contributed by atoms with E-state index in [9.17, 15) is 18.0 Å². The number of fused-ring (bicyclic) bond motifs is 2. The first-order valence-electron chi connectivity index (χ1n) is 12.4. The fraction of sp³-hybridized carbons (Fsp3) is 0.250. The lowest BCUT2D eigenvalue weighted by molar-refractivity contribution is -0.141. The number of benzene rings is 3. The van der Waals surface area contributed by atoms with Crippen molar-refractivity contribution in [3.05, 3.63) is 88.2 Å². The van der Waals surface area contributed by atoms with Gasteiger partial charge in [-0.05, 0) is 66.9 Å². The van der Waals surface area contributed by atoms with E-state index in [0.29, 0.717) is 42.2 Å². The maximum Gasteiger partial charge on any atom is 0.325 e. The molecule has 39 heavy (non-hydrogen) atoms. The number of hydrogen-bond donors (Lipinski definition) is 0. The summed E-state index contributed by atoms with van der Waals surface area (Å²) in [5.74, 6) is -0.364. The fourth-order valence-electron chi connectivity index (χ4n) is 4.49. The quantitative estimate of drug-likeness (QED) is 0.316. The Labute approximate surface area is 230 Å². The Balaban J connectivity index is 1.43. The molecular formula is C28H27N3O6S2. The highest BCUT2D eigenvalue weighted by atomic mass is 32.2. The number of methoxy groups -OCH3 is 1. The summed E-state index contributed by atoms with van der Waals surface area (Å²) in [5.41, 5.74) is 3.10. The second-order valence-electron chi connectivity index (χ2n) is 8.91. The molecular weight excluding hydrogens is 538 g/mol. The Morgan fingerprint density at radius 2 is 1.77 bits per heavy atom. The summed E-state index contributed by atoms with van der Waals surface area (Å²) in [4.78, 5) is 29.9. The number of hydrogen-bond acceptors (Lipinski definition) is 7. The van der Waals surface area contributed by atoms with Crippen LogP contribution >= 0.6 is 11.3 Å². The van der Waals surface area contributed by atoms with E-state index >= 15 is 0 Å². The van der Waals surface area contributed by atoms with Crippen LogP contribution in [-0.2, 0) is 39.1 Å².